The molecular weight excluding hydrogens is 234 g/mol. The van der Waals surface area contributed by atoms with E-state index in [0.29, 0.717) is 5.69 Å². The van der Waals surface area contributed by atoms with Crippen LogP contribution in [0.15, 0.2) is 18.2 Å². The number of nitro groups is 1. The molecular formula is C12H17N3O3. The molecule has 0 spiro atoms. The van der Waals surface area contributed by atoms with Crippen molar-refractivity contribution in [2.75, 3.05) is 12.8 Å². The van der Waals surface area contributed by atoms with Gasteiger partial charge in [-0.2, -0.15) is 0 Å². The first-order valence-corrected chi connectivity index (χ1v) is 5.69. The van der Waals surface area contributed by atoms with Gasteiger partial charge in [0.2, 0.25) is 0 Å². The molecule has 0 fully saturated rings. The van der Waals surface area contributed by atoms with Gasteiger partial charge >= 0.3 is 0 Å². The first kappa shape index (κ1) is 14.0. The third kappa shape index (κ3) is 2.77. The van der Waals surface area contributed by atoms with Crippen LogP contribution >= 0.6 is 0 Å². The van der Waals surface area contributed by atoms with Crippen molar-refractivity contribution >= 4 is 17.3 Å². The van der Waals surface area contributed by atoms with Crippen LogP contribution in [0.25, 0.3) is 0 Å². The van der Waals surface area contributed by atoms with Crippen molar-refractivity contribution in [1.29, 1.82) is 0 Å². The van der Waals surface area contributed by atoms with Crippen LogP contribution < -0.4 is 5.73 Å². The first-order valence-electron chi connectivity index (χ1n) is 5.69. The van der Waals surface area contributed by atoms with E-state index in [1.165, 1.54) is 23.1 Å². The van der Waals surface area contributed by atoms with E-state index in [1.807, 2.05) is 13.8 Å². The molecule has 1 amide bonds. The highest BCUT2D eigenvalue weighted by Crippen LogP contribution is 2.23. The second-order valence-electron chi connectivity index (χ2n) is 4.21. The summed E-state index contributed by atoms with van der Waals surface area (Å²) < 4.78 is 0. The van der Waals surface area contributed by atoms with Crippen LogP contribution in [0, 0.1) is 10.1 Å². The average molecular weight is 251 g/mol. The highest BCUT2D eigenvalue weighted by atomic mass is 16.6. The Morgan fingerprint density at radius 2 is 2.17 bits per heavy atom. The Hall–Kier alpha value is -2.11. The molecule has 1 atom stereocenters. The van der Waals surface area contributed by atoms with Gasteiger partial charge in [0.25, 0.3) is 11.6 Å². The van der Waals surface area contributed by atoms with Crippen LogP contribution in [0.3, 0.4) is 0 Å². The van der Waals surface area contributed by atoms with Crippen molar-refractivity contribution < 1.29 is 9.72 Å². The van der Waals surface area contributed by atoms with Gasteiger partial charge < -0.3 is 10.6 Å². The molecule has 1 aromatic rings. The average Bonchev–Trinajstić information content (AvgIpc) is 2.35. The van der Waals surface area contributed by atoms with E-state index in [2.05, 4.69) is 0 Å². The third-order valence-electron chi connectivity index (χ3n) is 3.02. The maximum absolute atomic E-state index is 12.2. The van der Waals surface area contributed by atoms with Crippen molar-refractivity contribution in [2.45, 2.75) is 26.3 Å². The Morgan fingerprint density at radius 3 is 2.67 bits per heavy atom. The van der Waals surface area contributed by atoms with Gasteiger partial charge in [-0.15, -0.1) is 0 Å². The minimum atomic E-state index is -0.572. The zero-order valence-electron chi connectivity index (χ0n) is 10.7. The number of carbonyl (C=O) groups excluding carboxylic acids is 1. The molecule has 6 heteroatoms. The standard InChI is InChI=1S/C12H17N3O3/c1-4-8(2)14(3)12(16)10-7-9(13)5-6-11(10)15(17)18/h5-8H,4,13H2,1-3H3. The number of carbonyl (C=O) groups is 1. The largest absolute Gasteiger partial charge is 0.399 e. The zero-order chi connectivity index (χ0) is 13.9. The predicted molar refractivity (Wildman–Crippen MR) is 69.4 cm³/mol. The minimum Gasteiger partial charge on any atom is -0.399 e. The number of nitrogen functional groups attached to an aromatic ring is 1. The second-order valence-corrected chi connectivity index (χ2v) is 4.21. The van der Waals surface area contributed by atoms with Gasteiger partial charge in [-0.3, -0.25) is 14.9 Å². The smallest absolute Gasteiger partial charge is 0.282 e. The summed E-state index contributed by atoms with van der Waals surface area (Å²) in [6.45, 7) is 3.83. The van der Waals surface area contributed by atoms with Gasteiger partial charge in [0, 0.05) is 24.8 Å². The number of amides is 1. The molecule has 0 aliphatic carbocycles. The number of rotatable bonds is 4. The van der Waals surface area contributed by atoms with E-state index in [0.717, 1.165) is 6.42 Å². The molecule has 98 valence electrons. The number of nitrogens with zero attached hydrogens (tertiary/aromatic N) is 2. The summed E-state index contributed by atoms with van der Waals surface area (Å²) >= 11 is 0. The van der Waals surface area contributed by atoms with Gasteiger partial charge in [-0.1, -0.05) is 6.92 Å². The van der Waals surface area contributed by atoms with E-state index in [4.69, 9.17) is 5.73 Å². The molecule has 1 aromatic carbocycles. The SMILES string of the molecule is CCC(C)N(C)C(=O)c1cc(N)ccc1[N+](=O)[O-]. The Morgan fingerprint density at radius 1 is 1.56 bits per heavy atom. The van der Waals surface area contributed by atoms with E-state index in [9.17, 15) is 14.9 Å². The molecule has 0 aliphatic rings. The molecule has 0 aromatic heterocycles. The number of hydrogen-bond acceptors (Lipinski definition) is 4. The van der Waals surface area contributed by atoms with Crippen LogP contribution in [-0.4, -0.2) is 28.8 Å². The lowest BCUT2D eigenvalue weighted by atomic mass is 10.1. The van der Waals surface area contributed by atoms with Crippen LogP contribution in [0.2, 0.25) is 0 Å². The molecule has 0 radical (unpaired) electrons. The third-order valence-corrected chi connectivity index (χ3v) is 3.02. The summed E-state index contributed by atoms with van der Waals surface area (Å²) in [5, 5.41) is 10.9. The molecule has 18 heavy (non-hydrogen) atoms. The molecule has 0 saturated heterocycles. The van der Waals surface area contributed by atoms with Crippen molar-refractivity contribution in [2.24, 2.45) is 0 Å². The zero-order valence-corrected chi connectivity index (χ0v) is 10.7. The van der Waals surface area contributed by atoms with Gasteiger partial charge in [0.05, 0.1) is 4.92 Å². The van der Waals surface area contributed by atoms with E-state index >= 15 is 0 Å². The lowest BCUT2D eigenvalue weighted by Crippen LogP contribution is -2.35. The summed E-state index contributed by atoms with van der Waals surface area (Å²) in [7, 11) is 1.63. The fraction of sp³-hybridized carbons (Fsp3) is 0.417. The molecule has 1 rings (SSSR count). The van der Waals surface area contributed by atoms with Gasteiger partial charge in [-0.05, 0) is 25.5 Å². The van der Waals surface area contributed by atoms with Crippen molar-refractivity contribution in [1.82, 2.24) is 4.90 Å². The molecule has 6 nitrogen and oxygen atoms in total. The fourth-order valence-corrected chi connectivity index (χ4v) is 1.55. The Balaban J connectivity index is 3.19. The fourth-order valence-electron chi connectivity index (χ4n) is 1.55. The minimum absolute atomic E-state index is 0.0125. The van der Waals surface area contributed by atoms with Crippen LogP contribution in [0.5, 0.6) is 0 Å². The highest BCUT2D eigenvalue weighted by Gasteiger charge is 2.24. The summed E-state index contributed by atoms with van der Waals surface area (Å²) in [5.41, 5.74) is 5.73. The summed E-state index contributed by atoms with van der Waals surface area (Å²) in [5.74, 6) is -0.386. The Labute approximate surface area is 106 Å². The summed E-state index contributed by atoms with van der Waals surface area (Å²) in [4.78, 5) is 24.0. The second kappa shape index (κ2) is 5.48. The first-order chi connectivity index (χ1) is 8.38. The van der Waals surface area contributed by atoms with Crippen molar-refractivity contribution in [3.05, 3.63) is 33.9 Å². The number of nitrogens with two attached hydrogens (primary N) is 1. The van der Waals surface area contributed by atoms with Gasteiger partial charge in [-0.25, -0.2) is 0 Å². The topological polar surface area (TPSA) is 89.5 Å². The van der Waals surface area contributed by atoms with Gasteiger partial charge in [0.15, 0.2) is 0 Å². The molecule has 0 aliphatic heterocycles. The normalized spacial score (nSPS) is 11.9. The molecule has 0 heterocycles. The van der Waals surface area contributed by atoms with E-state index < -0.39 is 4.92 Å². The summed E-state index contributed by atoms with van der Waals surface area (Å²) in [6, 6.07) is 4.03. The number of nitro benzene ring substituents is 1. The summed E-state index contributed by atoms with van der Waals surface area (Å²) in [6.07, 6.45) is 0.776. The van der Waals surface area contributed by atoms with Crippen LogP contribution in [0.1, 0.15) is 30.6 Å². The number of benzene rings is 1. The predicted octanol–water partition coefficient (Wildman–Crippen LogP) is 2.05. The van der Waals surface area contributed by atoms with E-state index in [-0.39, 0.29) is 23.2 Å². The number of anilines is 1. The van der Waals surface area contributed by atoms with Gasteiger partial charge in [0.1, 0.15) is 5.56 Å². The molecule has 1 unspecified atom stereocenters. The molecule has 0 bridgehead atoms. The van der Waals surface area contributed by atoms with Crippen LogP contribution in [0.4, 0.5) is 11.4 Å². The Kier molecular flexibility index (Phi) is 4.25. The maximum atomic E-state index is 12.2. The Bertz CT molecular complexity index is 474. The molecule has 0 saturated carbocycles. The lowest BCUT2D eigenvalue weighted by Gasteiger charge is -2.23. The lowest BCUT2D eigenvalue weighted by molar-refractivity contribution is -0.385. The highest BCUT2D eigenvalue weighted by molar-refractivity contribution is 5.99. The van der Waals surface area contributed by atoms with E-state index in [1.54, 1.807) is 7.05 Å². The quantitative estimate of drug-likeness (QED) is 0.503. The maximum Gasteiger partial charge on any atom is 0.282 e. The monoisotopic (exact) mass is 251 g/mol. The van der Waals surface area contributed by atoms with Crippen LogP contribution in [-0.2, 0) is 0 Å². The molecule has 2 N–H and O–H groups in total. The van der Waals surface area contributed by atoms with Crippen molar-refractivity contribution in [3.63, 3.8) is 0 Å². The number of hydrogen-bond donors (Lipinski definition) is 1. The van der Waals surface area contributed by atoms with Crippen molar-refractivity contribution in [3.8, 4) is 0 Å².